The Hall–Kier alpha value is 0.0700. The van der Waals surface area contributed by atoms with E-state index in [1.165, 1.54) is 0 Å². The molecule has 3 nitrogen and oxygen atoms in total. The average molecular weight is 122 g/mol. The molecule has 0 spiro atoms. The van der Waals surface area contributed by atoms with Crippen LogP contribution in [0.2, 0.25) is 0 Å². The van der Waals surface area contributed by atoms with Gasteiger partial charge < -0.3 is 0 Å². The summed E-state index contributed by atoms with van der Waals surface area (Å²) >= 11 is 0. The second kappa shape index (κ2) is 4.23. The van der Waals surface area contributed by atoms with E-state index in [1.807, 2.05) is 6.92 Å². The minimum atomic E-state index is -0.999. The van der Waals surface area contributed by atoms with E-state index in [9.17, 15) is 4.21 Å². The Morgan fingerprint density at radius 2 is 2.43 bits per heavy atom. The van der Waals surface area contributed by atoms with Crippen LogP contribution in [0.3, 0.4) is 0 Å². The summed E-state index contributed by atoms with van der Waals surface area (Å²) in [5, 5.41) is 0. The van der Waals surface area contributed by atoms with Crippen molar-refractivity contribution in [1.29, 1.82) is 0 Å². The zero-order valence-electron chi connectivity index (χ0n) is 4.31. The summed E-state index contributed by atoms with van der Waals surface area (Å²) in [6, 6.07) is 0. The van der Waals surface area contributed by atoms with Gasteiger partial charge in [0.25, 0.3) is 0 Å². The molecule has 0 heterocycles. The lowest BCUT2D eigenvalue weighted by molar-refractivity contribution is 0.673. The van der Waals surface area contributed by atoms with Gasteiger partial charge in [-0.25, -0.2) is 4.21 Å². The van der Waals surface area contributed by atoms with E-state index in [4.69, 9.17) is 5.84 Å². The van der Waals surface area contributed by atoms with Gasteiger partial charge in [-0.2, -0.15) is 4.83 Å². The summed E-state index contributed by atoms with van der Waals surface area (Å²) < 4.78 is 10.3. The van der Waals surface area contributed by atoms with Crippen molar-refractivity contribution in [2.45, 2.75) is 13.3 Å². The summed E-state index contributed by atoms with van der Waals surface area (Å²) in [7, 11) is -0.999. The van der Waals surface area contributed by atoms with Crippen molar-refractivity contribution in [3.63, 3.8) is 0 Å². The van der Waals surface area contributed by atoms with Gasteiger partial charge in [0, 0.05) is 5.75 Å². The van der Waals surface area contributed by atoms with E-state index >= 15 is 0 Å². The van der Waals surface area contributed by atoms with Crippen molar-refractivity contribution in [2.24, 2.45) is 5.84 Å². The highest BCUT2D eigenvalue weighted by atomic mass is 32.2. The summed E-state index contributed by atoms with van der Waals surface area (Å²) in [5.41, 5.74) is 0. The van der Waals surface area contributed by atoms with E-state index in [1.54, 1.807) is 0 Å². The molecule has 0 aromatic carbocycles. The molecule has 0 aliphatic rings. The van der Waals surface area contributed by atoms with Gasteiger partial charge in [-0.05, 0) is 6.42 Å². The van der Waals surface area contributed by atoms with Gasteiger partial charge in [0.2, 0.25) is 0 Å². The third-order valence-electron chi connectivity index (χ3n) is 0.521. The van der Waals surface area contributed by atoms with Crippen LogP contribution in [0, 0.1) is 0 Å². The third-order valence-corrected chi connectivity index (χ3v) is 1.56. The highest BCUT2D eigenvalue weighted by Crippen LogP contribution is 1.76. The lowest BCUT2D eigenvalue weighted by atomic mass is 10.6. The maximum absolute atomic E-state index is 10.3. The van der Waals surface area contributed by atoms with Gasteiger partial charge in [-0.1, -0.05) is 6.92 Å². The van der Waals surface area contributed by atoms with Crippen molar-refractivity contribution in [1.82, 2.24) is 4.83 Å². The molecule has 3 N–H and O–H groups in total. The quantitative estimate of drug-likeness (QED) is 0.392. The molecule has 0 amide bonds. The Kier molecular flexibility index (Phi) is 4.28. The standard InChI is InChI=1S/C3H10N2OS/c1-2-3-7(6)5-4/h5H,2-4H2,1H3. The maximum atomic E-state index is 10.3. The number of nitrogens with one attached hydrogen (secondary N) is 1. The third kappa shape index (κ3) is 3.91. The predicted octanol–water partition coefficient (Wildman–Crippen LogP) is -0.477. The molecule has 0 bridgehead atoms. The second-order valence-corrected chi connectivity index (χ2v) is 2.50. The van der Waals surface area contributed by atoms with Crippen LogP contribution in [-0.2, 0) is 11.0 Å². The molecule has 0 radical (unpaired) electrons. The molecule has 1 atom stereocenters. The van der Waals surface area contributed by atoms with Crippen LogP contribution in [0.15, 0.2) is 0 Å². The van der Waals surface area contributed by atoms with Crippen LogP contribution in [-0.4, -0.2) is 9.96 Å². The first-order chi connectivity index (χ1) is 3.31. The van der Waals surface area contributed by atoms with Gasteiger partial charge in [0.05, 0.1) is 0 Å². The number of hydrazine groups is 1. The molecule has 0 aromatic rings. The monoisotopic (exact) mass is 122 g/mol. The van der Waals surface area contributed by atoms with Gasteiger partial charge >= 0.3 is 0 Å². The lowest BCUT2D eigenvalue weighted by Gasteiger charge is -1.91. The zero-order chi connectivity index (χ0) is 5.70. The molecule has 1 unspecified atom stereocenters. The smallest absolute Gasteiger partial charge is 0.105 e. The molecule has 0 fully saturated rings. The second-order valence-electron chi connectivity index (χ2n) is 1.17. The van der Waals surface area contributed by atoms with E-state index in [0.717, 1.165) is 6.42 Å². The first kappa shape index (κ1) is 7.07. The molecule has 0 rings (SSSR count). The van der Waals surface area contributed by atoms with Crippen molar-refractivity contribution >= 4 is 11.0 Å². The summed E-state index contributed by atoms with van der Waals surface area (Å²) in [6.07, 6.45) is 0.900. The van der Waals surface area contributed by atoms with Crippen LogP contribution in [0.4, 0.5) is 0 Å². The highest BCUT2D eigenvalue weighted by molar-refractivity contribution is 7.82. The van der Waals surface area contributed by atoms with Crippen LogP contribution < -0.4 is 10.7 Å². The minimum Gasteiger partial charge on any atom is -0.260 e. The van der Waals surface area contributed by atoms with E-state index in [0.29, 0.717) is 5.75 Å². The van der Waals surface area contributed by atoms with Crippen molar-refractivity contribution < 1.29 is 4.21 Å². The first-order valence-corrected chi connectivity index (χ1v) is 3.47. The summed E-state index contributed by atoms with van der Waals surface area (Å²) in [4.78, 5) is 2.14. The molecule has 0 saturated heterocycles. The van der Waals surface area contributed by atoms with Gasteiger partial charge in [-0.15, -0.1) is 0 Å². The normalized spacial score (nSPS) is 14.0. The predicted molar refractivity (Wildman–Crippen MR) is 30.6 cm³/mol. The minimum absolute atomic E-state index is 0.635. The number of rotatable bonds is 3. The zero-order valence-corrected chi connectivity index (χ0v) is 5.12. The molecule has 44 valence electrons. The van der Waals surface area contributed by atoms with E-state index < -0.39 is 11.0 Å². The molecular weight excluding hydrogens is 112 g/mol. The SMILES string of the molecule is CCCS(=O)NN. The maximum Gasteiger partial charge on any atom is 0.105 e. The fourth-order valence-electron chi connectivity index (χ4n) is 0.244. The van der Waals surface area contributed by atoms with E-state index in [2.05, 4.69) is 4.83 Å². The van der Waals surface area contributed by atoms with E-state index in [-0.39, 0.29) is 0 Å². The highest BCUT2D eigenvalue weighted by Gasteiger charge is 1.87. The van der Waals surface area contributed by atoms with Crippen LogP contribution in [0.5, 0.6) is 0 Å². The van der Waals surface area contributed by atoms with Gasteiger partial charge in [0.1, 0.15) is 11.0 Å². The Labute approximate surface area is 45.8 Å². The average Bonchev–Trinajstić information content (AvgIpc) is 1.68. The fraction of sp³-hybridized carbons (Fsp3) is 1.00. The molecule has 0 aliphatic heterocycles. The summed E-state index contributed by atoms with van der Waals surface area (Å²) in [5.74, 6) is 5.44. The Morgan fingerprint density at radius 1 is 1.86 bits per heavy atom. The number of nitrogens with two attached hydrogens (primary N) is 1. The van der Waals surface area contributed by atoms with Gasteiger partial charge in [0.15, 0.2) is 0 Å². The topological polar surface area (TPSA) is 55.1 Å². The molecule has 7 heavy (non-hydrogen) atoms. The number of hydrogen-bond acceptors (Lipinski definition) is 2. The first-order valence-electron chi connectivity index (χ1n) is 2.16. The van der Waals surface area contributed by atoms with Crippen molar-refractivity contribution in [3.05, 3.63) is 0 Å². The lowest BCUT2D eigenvalue weighted by Crippen LogP contribution is -2.26. The largest absolute Gasteiger partial charge is 0.260 e. The molecular formula is C3H10N2OS. The van der Waals surface area contributed by atoms with Crippen LogP contribution >= 0.6 is 0 Å². The van der Waals surface area contributed by atoms with Crippen molar-refractivity contribution in [3.8, 4) is 0 Å². The Balaban J connectivity index is 3.00. The fourth-order valence-corrected chi connectivity index (χ4v) is 0.733. The van der Waals surface area contributed by atoms with Crippen LogP contribution in [0.1, 0.15) is 13.3 Å². The summed E-state index contributed by atoms with van der Waals surface area (Å²) in [6.45, 7) is 1.95. The molecule has 4 heteroatoms. The van der Waals surface area contributed by atoms with Gasteiger partial charge in [-0.3, -0.25) is 5.84 Å². The van der Waals surface area contributed by atoms with Crippen molar-refractivity contribution in [2.75, 3.05) is 5.75 Å². The number of hydrogen-bond donors (Lipinski definition) is 2. The Bertz CT molecular complexity index is 66.0. The van der Waals surface area contributed by atoms with Crippen LogP contribution in [0.25, 0.3) is 0 Å². The molecule has 0 saturated carbocycles. The molecule has 0 aliphatic carbocycles. The molecule has 0 aromatic heterocycles. The Morgan fingerprint density at radius 3 is 2.57 bits per heavy atom.